The van der Waals surface area contributed by atoms with Gasteiger partial charge in [0.1, 0.15) is 4.90 Å². The summed E-state index contributed by atoms with van der Waals surface area (Å²) in [6.45, 7) is 0. The minimum Gasteiger partial charge on any atom is -0.325 e. The van der Waals surface area contributed by atoms with E-state index in [0.717, 1.165) is 9.87 Å². The normalized spacial score (nSPS) is 11.5. The van der Waals surface area contributed by atoms with Gasteiger partial charge in [-0.25, -0.2) is 12.7 Å². The Hall–Kier alpha value is -1.89. The first-order valence-corrected chi connectivity index (χ1v) is 8.68. The van der Waals surface area contributed by atoms with Crippen molar-refractivity contribution >= 4 is 33.2 Å². The van der Waals surface area contributed by atoms with Crippen molar-refractivity contribution in [2.75, 3.05) is 19.4 Å². The van der Waals surface area contributed by atoms with E-state index in [1.54, 1.807) is 42.5 Å². The molecule has 7 heteroatoms. The number of anilines is 1. The number of sulfonamides is 1. The van der Waals surface area contributed by atoms with Crippen molar-refractivity contribution in [3.63, 3.8) is 0 Å². The van der Waals surface area contributed by atoms with Gasteiger partial charge in [-0.15, -0.1) is 0 Å². The van der Waals surface area contributed by atoms with Gasteiger partial charge in [-0.2, -0.15) is 0 Å². The van der Waals surface area contributed by atoms with Crippen LogP contribution in [0.3, 0.4) is 0 Å². The van der Waals surface area contributed by atoms with Gasteiger partial charge in [-0.3, -0.25) is 4.79 Å². The van der Waals surface area contributed by atoms with Crippen LogP contribution in [0.4, 0.5) is 5.69 Å². The van der Waals surface area contributed by atoms with Crippen LogP contribution >= 0.6 is 11.6 Å². The maximum atomic E-state index is 12.3. The quantitative estimate of drug-likeness (QED) is 0.899. The molecule has 1 amide bonds. The van der Waals surface area contributed by atoms with Crippen LogP contribution in [0, 0.1) is 0 Å². The molecule has 0 saturated heterocycles. The summed E-state index contributed by atoms with van der Waals surface area (Å²) in [5.74, 6) is -0.297. The SMILES string of the molecule is CN(C)S(=O)(=O)c1ccccc1NC(=O)Cc1ccc(Cl)cc1. The summed E-state index contributed by atoms with van der Waals surface area (Å²) >= 11 is 5.81. The van der Waals surface area contributed by atoms with E-state index >= 15 is 0 Å². The smallest absolute Gasteiger partial charge is 0.244 e. The number of halogens is 1. The molecule has 122 valence electrons. The lowest BCUT2D eigenvalue weighted by Crippen LogP contribution is -2.24. The Morgan fingerprint density at radius 3 is 2.30 bits per heavy atom. The minimum atomic E-state index is -3.63. The Morgan fingerprint density at radius 1 is 1.09 bits per heavy atom. The van der Waals surface area contributed by atoms with E-state index in [1.165, 1.54) is 20.2 Å². The molecule has 0 radical (unpaired) electrons. The van der Waals surface area contributed by atoms with Crippen molar-refractivity contribution in [1.29, 1.82) is 0 Å². The first-order valence-electron chi connectivity index (χ1n) is 6.86. The first kappa shape index (κ1) is 17.5. The van der Waals surface area contributed by atoms with Crippen LogP contribution in [-0.4, -0.2) is 32.7 Å². The van der Waals surface area contributed by atoms with Gasteiger partial charge >= 0.3 is 0 Å². The average Bonchev–Trinajstić information content (AvgIpc) is 2.50. The predicted molar refractivity (Wildman–Crippen MR) is 91.1 cm³/mol. The van der Waals surface area contributed by atoms with E-state index in [4.69, 9.17) is 11.6 Å². The summed E-state index contributed by atoms with van der Waals surface area (Å²) in [7, 11) is -0.738. The fraction of sp³-hybridized carbons (Fsp3) is 0.188. The van der Waals surface area contributed by atoms with Crippen LogP contribution in [0.2, 0.25) is 5.02 Å². The van der Waals surface area contributed by atoms with Crippen molar-refractivity contribution < 1.29 is 13.2 Å². The van der Waals surface area contributed by atoms with E-state index in [1.807, 2.05) is 0 Å². The Bertz CT molecular complexity index is 802. The molecule has 0 atom stereocenters. The number of rotatable bonds is 5. The molecule has 0 aromatic heterocycles. The third-order valence-electron chi connectivity index (χ3n) is 3.20. The molecule has 0 fully saturated rings. The molecule has 2 rings (SSSR count). The number of carbonyl (C=O) groups is 1. The average molecular weight is 353 g/mol. The van der Waals surface area contributed by atoms with Gasteiger partial charge in [-0.05, 0) is 29.8 Å². The molecule has 1 N–H and O–H groups in total. The zero-order valence-corrected chi connectivity index (χ0v) is 14.4. The van der Waals surface area contributed by atoms with Crippen LogP contribution in [0.5, 0.6) is 0 Å². The van der Waals surface area contributed by atoms with Crippen molar-refractivity contribution in [2.45, 2.75) is 11.3 Å². The lowest BCUT2D eigenvalue weighted by molar-refractivity contribution is -0.115. The number of nitrogens with zero attached hydrogens (tertiary/aromatic N) is 1. The molecule has 0 aliphatic carbocycles. The van der Waals surface area contributed by atoms with Crippen LogP contribution in [-0.2, 0) is 21.2 Å². The molecule has 23 heavy (non-hydrogen) atoms. The van der Waals surface area contributed by atoms with Crippen molar-refractivity contribution in [1.82, 2.24) is 4.31 Å². The fourth-order valence-electron chi connectivity index (χ4n) is 1.97. The number of hydrogen-bond donors (Lipinski definition) is 1. The third-order valence-corrected chi connectivity index (χ3v) is 5.32. The van der Waals surface area contributed by atoms with Crippen molar-refractivity contribution in [2.24, 2.45) is 0 Å². The highest BCUT2D eigenvalue weighted by molar-refractivity contribution is 7.89. The number of nitrogens with one attached hydrogen (secondary N) is 1. The van der Waals surface area contributed by atoms with Gasteiger partial charge in [0.05, 0.1) is 12.1 Å². The van der Waals surface area contributed by atoms with E-state index in [0.29, 0.717) is 5.02 Å². The van der Waals surface area contributed by atoms with Crippen LogP contribution in [0.25, 0.3) is 0 Å². The number of amides is 1. The van der Waals surface area contributed by atoms with Crippen LogP contribution in [0.1, 0.15) is 5.56 Å². The minimum absolute atomic E-state index is 0.0643. The lowest BCUT2D eigenvalue weighted by atomic mass is 10.1. The highest BCUT2D eigenvalue weighted by Crippen LogP contribution is 2.23. The number of benzene rings is 2. The second-order valence-corrected chi connectivity index (χ2v) is 7.69. The molecule has 5 nitrogen and oxygen atoms in total. The number of para-hydroxylation sites is 1. The second kappa shape index (κ2) is 7.12. The largest absolute Gasteiger partial charge is 0.325 e. The summed E-state index contributed by atoms with van der Waals surface area (Å²) < 4.78 is 25.7. The Balaban J connectivity index is 2.20. The van der Waals surface area contributed by atoms with Gasteiger partial charge in [-0.1, -0.05) is 35.9 Å². The Kier molecular flexibility index (Phi) is 5.41. The van der Waals surface area contributed by atoms with Gasteiger partial charge in [0, 0.05) is 19.1 Å². The Morgan fingerprint density at radius 2 is 1.70 bits per heavy atom. The molecular weight excluding hydrogens is 336 g/mol. The summed E-state index contributed by atoms with van der Waals surface area (Å²) in [6.07, 6.45) is 0.132. The van der Waals surface area contributed by atoms with E-state index in [9.17, 15) is 13.2 Å². The first-order chi connectivity index (χ1) is 10.8. The molecule has 0 saturated carbocycles. The molecular formula is C16H17ClN2O3S. The monoisotopic (exact) mass is 352 g/mol. The zero-order valence-electron chi connectivity index (χ0n) is 12.8. The van der Waals surface area contributed by atoms with E-state index < -0.39 is 10.0 Å². The molecule has 0 aliphatic rings. The molecule has 0 unspecified atom stereocenters. The Labute approximate surface area is 140 Å². The summed E-state index contributed by atoms with van der Waals surface area (Å²) in [6, 6.07) is 13.2. The van der Waals surface area contributed by atoms with Gasteiger partial charge < -0.3 is 5.32 Å². The van der Waals surface area contributed by atoms with Crippen molar-refractivity contribution in [3.05, 3.63) is 59.1 Å². The standard InChI is InChI=1S/C16H17ClN2O3S/c1-19(2)23(21,22)15-6-4-3-5-14(15)18-16(20)11-12-7-9-13(17)10-8-12/h3-10H,11H2,1-2H3,(H,18,20). The molecule has 0 spiro atoms. The third kappa shape index (κ3) is 4.31. The van der Waals surface area contributed by atoms with Crippen LogP contribution < -0.4 is 5.32 Å². The molecule has 0 bridgehead atoms. The molecule has 2 aromatic carbocycles. The summed E-state index contributed by atoms with van der Waals surface area (Å²) in [5, 5.41) is 3.25. The van der Waals surface area contributed by atoms with Gasteiger partial charge in [0.2, 0.25) is 15.9 Å². The summed E-state index contributed by atoms with van der Waals surface area (Å²) in [4.78, 5) is 12.2. The molecule has 0 aliphatic heterocycles. The van der Waals surface area contributed by atoms with Gasteiger partial charge in [0.15, 0.2) is 0 Å². The second-order valence-electron chi connectivity index (χ2n) is 5.14. The highest BCUT2D eigenvalue weighted by Gasteiger charge is 2.21. The van der Waals surface area contributed by atoms with Crippen LogP contribution in [0.15, 0.2) is 53.4 Å². The maximum absolute atomic E-state index is 12.3. The zero-order chi connectivity index (χ0) is 17.0. The number of hydrogen-bond acceptors (Lipinski definition) is 3. The summed E-state index contributed by atoms with van der Waals surface area (Å²) in [5.41, 5.74) is 1.06. The number of carbonyl (C=O) groups excluding carboxylic acids is 1. The maximum Gasteiger partial charge on any atom is 0.244 e. The topological polar surface area (TPSA) is 66.5 Å². The van der Waals surface area contributed by atoms with Crippen molar-refractivity contribution in [3.8, 4) is 0 Å². The van der Waals surface area contributed by atoms with E-state index in [2.05, 4.69) is 5.32 Å². The highest BCUT2D eigenvalue weighted by atomic mass is 35.5. The van der Waals surface area contributed by atoms with Gasteiger partial charge in [0.25, 0.3) is 0 Å². The van der Waals surface area contributed by atoms with E-state index in [-0.39, 0.29) is 22.9 Å². The predicted octanol–water partition coefficient (Wildman–Crippen LogP) is 2.77. The molecule has 0 heterocycles. The lowest BCUT2D eigenvalue weighted by Gasteiger charge is -2.15. The fourth-order valence-corrected chi connectivity index (χ4v) is 3.14. The molecule has 2 aromatic rings.